The Morgan fingerprint density at radius 3 is 2.93 bits per heavy atom. The number of aryl methyl sites for hydroxylation is 2. The highest BCUT2D eigenvalue weighted by Crippen LogP contribution is 2.05. The van der Waals surface area contributed by atoms with Crippen molar-refractivity contribution < 1.29 is 0 Å². The van der Waals surface area contributed by atoms with Crippen LogP contribution in [0.15, 0.2) is 18.6 Å². The first-order valence-corrected chi connectivity index (χ1v) is 4.47. The van der Waals surface area contributed by atoms with Crippen LogP contribution >= 0.6 is 0 Å². The molecular formula is C9H13N5. The predicted molar refractivity (Wildman–Crippen MR) is 53.9 cm³/mol. The first-order chi connectivity index (χ1) is 6.74. The Labute approximate surface area is 82.2 Å². The summed E-state index contributed by atoms with van der Waals surface area (Å²) in [7, 11) is 1.89. The van der Waals surface area contributed by atoms with Crippen LogP contribution in [0.3, 0.4) is 0 Å². The van der Waals surface area contributed by atoms with Crippen molar-refractivity contribution in [2.75, 3.05) is 5.32 Å². The summed E-state index contributed by atoms with van der Waals surface area (Å²) in [6.45, 7) is 2.68. The average molecular weight is 191 g/mol. The summed E-state index contributed by atoms with van der Waals surface area (Å²) in [6.07, 6.45) is 5.53. The SMILES string of the molecule is Cc1cnc(CNc2cnn(C)c2)[nH]1. The molecule has 2 aromatic heterocycles. The van der Waals surface area contributed by atoms with Gasteiger partial charge in [0.15, 0.2) is 0 Å². The van der Waals surface area contributed by atoms with Crippen LogP contribution in [0.5, 0.6) is 0 Å². The number of anilines is 1. The van der Waals surface area contributed by atoms with Gasteiger partial charge in [0.05, 0.1) is 18.4 Å². The second-order valence-corrected chi connectivity index (χ2v) is 3.27. The molecule has 2 N–H and O–H groups in total. The minimum atomic E-state index is 0.694. The van der Waals surface area contributed by atoms with Gasteiger partial charge in [-0.05, 0) is 6.92 Å². The van der Waals surface area contributed by atoms with Crippen LogP contribution in [-0.2, 0) is 13.6 Å². The van der Waals surface area contributed by atoms with Gasteiger partial charge in [-0.15, -0.1) is 0 Å². The molecule has 0 aromatic carbocycles. The largest absolute Gasteiger partial charge is 0.375 e. The molecule has 0 aliphatic heterocycles. The second kappa shape index (κ2) is 3.53. The van der Waals surface area contributed by atoms with Gasteiger partial charge in [-0.25, -0.2) is 4.98 Å². The van der Waals surface area contributed by atoms with E-state index in [9.17, 15) is 0 Å². The van der Waals surface area contributed by atoms with Crippen molar-refractivity contribution in [3.63, 3.8) is 0 Å². The number of rotatable bonds is 3. The Bertz CT molecular complexity index is 374. The second-order valence-electron chi connectivity index (χ2n) is 3.27. The highest BCUT2D eigenvalue weighted by Gasteiger charge is 1.98. The number of imidazole rings is 1. The maximum atomic E-state index is 4.19. The van der Waals surface area contributed by atoms with E-state index in [4.69, 9.17) is 0 Å². The van der Waals surface area contributed by atoms with E-state index >= 15 is 0 Å². The van der Waals surface area contributed by atoms with Crippen LogP contribution in [-0.4, -0.2) is 19.7 Å². The van der Waals surface area contributed by atoms with Crippen LogP contribution in [0.1, 0.15) is 11.5 Å². The number of nitrogens with one attached hydrogen (secondary N) is 2. The number of hydrogen-bond donors (Lipinski definition) is 2. The van der Waals surface area contributed by atoms with Crippen LogP contribution in [0.4, 0.5) is 5.69 Å². The molecule has 14 heavy (non-hydrogen) atoms. The maximum Gasteiger partial charge on any atom is 0.125 e. The molecule has 0 fully saturated rings. The van der Waals surface area contributed by atoms with Gasteiger partial charge in [0.2, 0.25) is 0 Å². The van der Waals surface area contributed by atoms with Crippen LogP contribution in [0.2, 0.25) is 0 Å². The third-order valence-electron chi connectivity index (χ3n) is 1.92. The van der Waals surface area contributed by atoms with E-state index in [1.165, 1.54) is 0 Å². The van der Waals surface area contributed by atoms with Crippen molar-refractivity contribution in [1.29, 1.82) is 0 Å². The topological polar surface area (TPSA) is 58.5 Å². The molecule has 0 spiro atoms. The lowest BCUT2D eigenvalue weighted by molar-refractivity contribution is 0.768. The number of hydrogen-bond acceptors (Lipinski definition) is 3. The Morgan fingerprint density at radius 2 is 2.36 bits per heavy atom. The number of aromatic nitrogens is 4. The normalized spacial score (nSPS) is 10.4. The molecule has 5 heteroatoms. The van der Waals surface area contributed by atoms with Crippen molar-refractivity contribution in [1.82, 2.24) is 19.7 Å². The lowest BCUT2D eigenvalue weighted by atomic mass is 10.5. The molecule has 0 saturated carbocycles. The fourth-order valence-corrected chi connectivity index (χ4v) is 1.26. The molecule has 5 nitrogen and oxygen atoms in total. The van der Waals surface area contributed by atoms with Crippen LogP contribution in [0, 0.1) is 6.92 Å². The standard InChI is InChI=1S/C9H13N5/c1-7-3-11-9(13-7)5-10-8-4-12-14(2)6-8/h3-4,6,10H,5H2,1-2H3,(H,11,13). The Kier molecular flexibility index (Phi) is 2.22. The average Bonchev–Trinajstić information content (AvgIpc) is 2.72. The monoisotopic (exact) mass is 191 g/mol. The summed E-state index contributed by atoms with van der Waals surface area (Å²) in [5.41, 5.74) is 2.08. The lowest BCUT2D eigenvalue weighted by Crippen LogP contribution is -2.00. The van der Waals surface area contributed by atoms with Gasteiger partial charge in [-0.3, -0.25) is 4.68 Å². The van der Waals surface area contributed by atoms with Crippen molar-refractivity contribution >= 4 is 5.69 Å². The summed E-state index contributed by atoms with van der Waals surface area (Å²) in [4.78, 5) is 7.34. The zero-order chi connectivity index (χ0) is 9.97. The van der Waals surface area contributed by atoms with Gasteiger partial charge in [0.1, 0.15) is 5.82 Å². The first kappa shape index (κ1) is 8.80. The van der Waals surface area contributed by atoms with Gasteiger partial charge in [-0.2, -0.15) is 5.10 Å². The zero-order valence-corrected chi connectivity index (χ0v) is 8.28. The molecule has 0 aliphatic carbocycles. The van der Waals surface area contributed by atoms with Crippen molar-refractivity contribution in [2.45, 2.75) is 13.5 Å². The summed E-state index contributed by atoms with van der Waals surface area (Å²) in [6, 6.07) is 0. The molecule has 0 unspecified atom stereocenters. The summed E-state index contributed by atoms with van der Waals surface area (Å²) in [5.74, 6) is 0.936. The molecule has 0 bridgehead atoms. The first-order valence-electron chi connectivity index (χ1n) is 4.47. The van der Waals surface area contributed by atoms with Crippen LogP contribution < -0.4 is 5.32 Å². The third-order valence-corrected chi connectivity index (χ3v) is 1.92. The van der Waals surface area contributed by atoms with Crippen molar-refractivity contribution in [3.05, 3.63) is 30.1 Å². The Morgan fingerprint density at radius 1 is 1.50 bits per heavy atom. The predicted octanol–water partition coefficient (Wildman–Crippen LogP) is 1.06. The van der Waals surface area contributed by atoms with Crippen molar-refractivity contribution in [2.24, 2.45) is 7.05 Å². The molecule has 74 valence electrons. The Balaban J connectivity index is 1.94. The summed E-state index contributed by atoms with van der Waals surface area (Å²) < 4.78 is 1.76. The maximum absolute atomic E-state index is 4.19. The number of aromatic amines is 1. The van der Waals surface area contributed by atoms with E-state index in [0.29, 0.717) is 6.54 Å². The fraction of sp³-hybridized carbons (Fsp3) is 0.333. The lowest BCUT2D eigenvalue weighted by Gasteiger charge is -1.98. The molecule has 0 saturated heterocycles. The Hall–Kier alpha value is -1.78. The van der Waals surface area contributed by atoms with E-state index in [1.54, 1.807) is 10.9 Å². The van der Waals surface area contributed by atoms with Gasteiger partial charge in [0, 0.05) is 25.1 Å². The van der Waals surface area contributed by atoms with Gasteiger partial charge in [-0.1, -0.05) is 0 Å². The molecule has 2 heterocycles. The highest BCUT2D eigenvalue weighted by atomic mass is 15.3. The smallest absolute Gasteiger partial charge is 0.125 e. The minimum Gasteiger partial charge on any atom is -0.375 e. The van der Waals surface area contributed by atoms with E-state index < -0.39 is 0 Å². The van der Waals surface area contributed by atoms with Gasteiger partial charge in [0.25, 0.3) is 0 Å². The van der Waals surface area contributed by atoms with E-state index in [-0.39, 0.29) is 0 Å². The highest BCUT2D eigenvalue weighted by molar-refractivity contribution is 5.37. The quantitative estimate of drug-likeness (QED) is 0.762. The molecule has 0 atom stereocenters. The minimum absolute atomic E-state index is 0.694. The molecular weight excluding hydrogens is 178 g/mol. The summed E-state index contributed by atoms with van der Waals surface area (Å²) >= 11 is 0. The summed E-state index contributed by atoms with van der Waals surface area (Å²) in [5, 5.41) is 7.28. The molecule has 0 amide bonds. The van der Waals surface area contributed by atoms with Crippen LogP contribution in [0.25, 0.3) is 0 Å². The zero-order valence-electron chi connectivity index (χ0n) is 8.28. The van der Waals surface area contributed by atoms with Crippen molar-refractivity contribution in [3.8, 4) is 0 Å². The third kappa shape index (κ3) is 1.93. The van der Waals surface area contributed by atoms with Gasteiger partial charge >= 0.3 is 0 Å². The molecule has 0 aliphatic rings. The van der Waals surface area contributed by atoms with E-state index in [1.807, 2.05) is 26.4 Å². The molecule has 0 radical (unpaired) electrons. The fourth-order valence-electron chi connectivity index (χ4n) is 1.26. The molecule has 2 aromatic rings. The van der Waals surface area contributed by atoms with E-state index in [0.717, 1.165) is 17.2 Å². The molecule has 2 rings (SSSR count). The van der Waals surface area contributed by atoms with E-state index in [2.05, 4.69) is 20.4 Å². The number of nitrogens with zero attached hydrogens (tertiary/aromatic N) is 3. The van der Waals surface area contributed by atoms with Gasteiger partial charge < -0.3 is 10.3 Å². The number of H-pyrrole nitrogens is 1.